The van der Waals surface area contributed by atoms with Crippen LogP contribution < -0.4 is 5.43 Å². The van der Waals surface area contributed by atoms with Crippen LogP contribution in [0.1, 0.15) is 35.3 Å². The van der Waals surface area contributed by atoms with Gasteiger partial charge in [-0.25, -0.2) is 0 Å². The predicted molar refractivity (Wildman–Crippen MR) is 88.4 cm³/mol. The van der Waals surface area contributed by atoms with Gasteiger partial charge in [-0.3, -0.25) is 9.79 Å². The van der Waals surface area contributed by atoms with Crippen molar-refractivity contribution >= 4 is 12.3 Å². The van der Waals surface area contributed by atoms with Gasteiger partial charge in [0.15, 0.2) is 16.9 Å². The summed E-state index contributed by atoms with van der Waals surface area (Å²) in [4.78, 5) is 17.6. The standard InChI is InChI=1S/C19H15NO4/c21-18-12(13-3-1-2-8-20-13)9-22-14-6-4-11-5-7-15-19(24-10-23-15)16(11)17(14)18/h1-2,4-9,11,13,16H,3,10H2. The number of aliphatic imine (C=N–C) groups is 1. The Morgan fingerprint density at radius 3 is 2.96 bits per heavy atom. The third-order valence-corrected chi connectivity index (χ3v) is 4.88. The van der Waals surface area contributed by atoms with Crippen LogP contribution >= 0.6 is 0 Å². The first-order chi connectivity index (χ1) is 11.8. The molecule has 0 amide bonds. The minimum Gasteiger partial charge on any atom is -0.464 e. The second-order valence-electron chi connectivity index (χ2n) is 6.18. The lowest BCUT2D eigenvalue weighted by molar-refractivity contribution is 0.0694. The molecule has 24 heavy (non-hydrogen) atoms. The van der Waals surface area contributed by atoms with Crippen LogP contribution in [0.4, 0.5) is 0 Å². The van der Waals surface area contributed by atoms with E-state index in [1.807, 2.05) is 36.5 Å². The minimum absolute atomic E-state index is 0.00861. The predicted octanol–water partition coefficient (Wildman–Crippen LogP) is 3.22. The van der Waals surface area contributed by atoms with E-state index in [1.165, 1.54) is 0 Å². The van der Waals surface area contributed by atoms with E-state index in [4.69, 9.17) is 13.9 Å². The number of dihydropyridines is 1. The van der Waals surface area contributed by atoms with Crippen molar-refractivity contribution in [1.29, 1.82) is 0 Å². The monoisotopic (exact) mass is 321 g/mol. The van der Waals surface area contributed by atoms with E-state index in [0.29, 0.717) is 29.1 Å². The molecule has 5 heteroatoms. The fourth-order valence-electron chi connectivity index (χ4n) is 3.71. The Balaban J connectivity index is 1.67. The molecule has 3 unspecified atom stereocenters. The van der Waals surface area contributed by atoms with Gasteiger partial charge >= 0.3 is 0 Å². The Bertz CT molecular complexity index is 916. The van der Waals surface area contributed by atoms with Crippen LogP contribution in [-0.2, 0) is 9.47 Å². The number of nitrogens with zero attached hydrogens (tertiary/aromatic N) is 1. The fraction of sp³-hybridized carbons (Fsp3) is 0.263. The topological polar surface area (TPSA) is 61.0 Å². The van der Waals surface area contributed by atoms with Gasteiger partial charge in [0.2, 0.25) is 6.79 Å². The number of ether oxygens (including phenoxy) is 2. The molecule has 0 saturated heterocycles. The molecule has 0 spiro atoms. The maximum Gasteiger partial charge on any atom is 0.230 e. The zero-order chi connectivity index (χ0) is 16.1. The van der Waals surface area contributed by atoms with Gasteiger partial charge in [-0.2, -0.15) is 0 Å². The summed E-state index contributed by atoms with van der Waals surface area (Å²) in [6.45, 7) is 0.194. The number of hydrogen-bond donors (Lipinski definition) is 0. The Kier molecular flexibility index (Phi) is 2.89. The van der Waals surface area contributed by atoms with Gasteiger partial charge in [-0.15, -0.1) is 0 Å². The Morgan fingerprint density at radius 2 is 2.08 bits per heavy atom. The van der Waals surface area contributed by atoms with Crippen molar-refractivity contribution in [2.45, 2.75) is 18.4 Å². The molecule has 0 saturated carbocycles. The Morgan fingerprint density at radius 1 is 1.17 bits per heavy atom. The Labute approximate surface area is 138 Å². The normalized spacial score (nSPS) is 28.9. The van der Waals surface area contributed by atoms with Crippen LogP contribution in [0.5, 0.6) is 0 Å². The van der Waals surface area contributed by atoms with E-state index in [0.717, 1.165) is 5.76 Å². The zero-order valence-corrected chi connectivity index (χ0v) is 12.8. The molecule has 0 fully saturated rings. The van der Waals surface area contributed by atoms with E-state index < -0.39 is 0 Å². The summed E-state index contributed by atoms with van der Waals surface area (Å²) in [5.41, 5.74) is 1.23. The van der Waals surface area contributed by atoms with E-state index in [2.05, 4.69) is 4.99 Å². The highest BCUT2D eigenvalue weighted by atomic mass is 16.7. The Hall–Kier alpha value is -2.82. The smallest absolute Gasteiger partial charge is 0.230 e. The molecular formula is C19H15NO4. The van der Waals surface area contributed by atoms with E-state index in [1.54, 1.807) is 12.5 Å². The van der Waals surface area contributed by atoms with Crippen molar-refractivity contribution in [2.75, 3.05) is 6.79 Å². The van der Waals surface area contributed by atoms with Crippen LogP contribution in [0, 0.1) is 5.92 Å². The summed E-state index contributed by atoms with van der Waals surface area (Å²) in [6, 6.07) is -0.186. The zero-order valence-electron chi connectivity index (χ0n) is 12.8. The van der Waals surface area contributed by atoms with E-state index >= 15 is 0 Å². The first kappa shape index (κ1) is 13.6. The third kappa shape index (κ3) is 1.87. The molecular weight excluding hydrogens is 306 g/mol. The summed E-state index contributed by atoms with van der Waals surface area (Å²) in [5.74, 6) is 1.92. The largest absolute Gasteiger partial charge is 0.464 e. The first-order valence-corrected chi connectivity index (χ1v) is 8.03. The van der Waals surface area contributed by atoms with Crippen LogP contribution in [0.3, 0.4) is 0 Å². The van der Waals surface area contributed by atoms with Gasteiger partial charge in [0.25, 0.3) is 0 Å². The second-order valence-corrected chi connectivity index (χ2v) is 6.18. The van der Waals surface area contributed by atoms with Crippen molar-refractivity contribution in [1.82, 2.24) is 0 Å². The van der Waals surface area contributed by atoms with Crippen molar-refractivity contribution < 1.29 is 13.9 Å². The first-order valence-electron chi connectivity index (χ1n) is 8.03. The maximum atomic E-state index is 13.2. The molecule has 2 aliphatic heterocycles. The number of allylic oxidation sites excluding steroid dienone is 5. The van der Waals surface area contributed by atoms with Crippen LogP contribution in [0.25, 0.3) is 6.08 Å². The lowest BCUT2D eigenvalue weighted by Crippen LogP contribution is -2.28. The lowest BCUT2D eigenvalue weighted by Gasteiger charge is -2.29. The molecule has 0 radical (unpaired) electrons. The molecule has 4 aliphatic rings. The summed E-state index contributed by atoms with van der Waals surface area (Å²) < 4.78 is 16.9. The fourth-order valence-corrected chi connectivity index (χ4v) is 3.71. The minimum atomic E-state index is -0.188. The van der Waals surface area contributed by atoms with Gasteiger partial charge in [0.1, 0.15) is 12.0 Å². The van der Waals surface area contributed by atoms with Crippen molar-refractivity contribution in [3.63, 3.8) is 0 Å². The van der Waals surface area contributed by atoms with Gasteiger partial charge in [0.05, 0.1) is 23.1 Å². The van der Waals surface area contributed by atoms with Gasteiger partial charge in [-0.05, 0) is 24.6 Å². The van der Waals surface area contributed by atoms with Gasteiger partial charge in [-0.1, -0.05) is 18.2 Å². The highest BCUT2D eigenvalue weighted by molar-refractivity contribution is 5.72. The van der Waals surface area contributed by atoms with Gasteiger partial charge < -0.3 is 13.9 Å². The molecule has 120 valence electrons. The molecule has 1 aromatic heterocycles. The molecule has 5 rings (SSSR count). The highest BCUT2D eigenvalue weighted by Gasteiger charge is 2.40. The number of rotatable bonds is 1. The number of hydrogen-bond acceptors (Lipinski definition) is 5. The van der Waals surface area contributed by atoms with Crippen LogP contribution in [0.2, 0.25) is 0 Å². The van der Waals surface area contributed by atoms with Crippen molar-refractivity contribution in [3.8, 4) is 0 Å². The van der Waals surface area contributed by atoms with E-state index in [9.17, 15) is 4.79 Å². The summed E-state index contributed by atoms with van der Waals surface area (Å²) in [6.07, 6.45) is 15.8. The van der Waals surface area contributed by atoms with Crippen LogP contribution in [-0.4, -0.2) is 13.0 Å². The molecule has 0 aromatic carbocycles. The molecule has 0 N–H and O–H groups in total. The molecule has 3 atom stereocenters. The van der Waals surface area contributed by atoms with Crippen LogP contribution in [0.15, 0.2) is 62.4 Å². The molecule has 3 heterocycles. The molecule has 0 bridgehead atoms. The summed E-state index contributed by atoms with van der Waals surface area (Å²) >= 11 is 0. The second kappa shape index (κ2) is 5.09. The summed E-state index contributed by atoms with van der Waals surface area (Å²) in [5, 5.41) is 0. The quantitative estimate of drug-likeness (QED) is 0.797. The van der Waals surface area contributed by atoms with Crippen molar-refractivity contribution in [3.05, 3.63) is 75.3 Å². The maximum absolute atomic E-state index is 13.2. The molecule has 1 aromatic rings. The highest BCUT2D eigenvalue weighted by Crippen LogP contribution is 2.45. The van der Waals surface area contributed by atoms with E-state index in [-0.39, 0.29) is 30.1 Å². The summed E-state index contributed by atoms with van der Waals surface area (Å²) in [7, 11) is 0. The lowest BCUT2D eigenvalue weighted by atomic mass is 9.76. The average Bonchev–Trinajstić information content (AvgIpc) is 3.11. The SMILES string of the molecule is O=c1c(C2CC=CC=N2)coc2c1C1C3=C(C=CC1C=C2)OCO3. The van der Waals surface area contributed by atoms with Crippen molar-refractivity contribution in [2.24, 2.45) is 10.9 Å². The third-order valence-electron chi connectivity index (χ3n) is 4.88. The molecule has 5 nitrogen and oxygen atoms in total. The average molecular weight is 321 g/mol. The molecule has 2 aliphatic carbocycles. The van der Waals surface area contributed by atoms with Gasteiger partial charge in [0, 0.05) is 12.1 Å². The number of fused-ring (bicyclic) bond motifs is 4.